The summed E-state index contributed by atoms with van der Waals surface area (Å²) in [5, 5.41) is 4.02. The van der Waals surface area contributed by atoms with E-state index in [0.29, 0.717) is 22.8 Å². The van der Waals surface area contributed by atoms with E-state index in [1.807, 2.05) is 48.5 Å². The largest absolute Gasteiger partial charge is 0.497 e. The lowest BCUT2D eigenvalue weighted by Gasteiger charge is -2.11. The van der Waals surface area contributed by atoms with Gasteiger partial charge in [-0.15, -0.1) is 0 Å². The number of nitrogens with zero attached hydrogens (tertiary/aromatic N) is 3. The maximum atomic E-state index is 13.6. The number of methoxy groups -OCH3 is 1. The monoisotopic (exact) mass is 452 g/mol. The molecule has 2 heterocycles. The van der Waals surface area contributed by atoms with Gasteiger partial charge in [0.05, 0.1) is 24.0 Å². The van der Waals surface area contributed by atoms with Gasteiger partial charge in [-0.2, -0.15) is 4.98 Å². The number of nitrogen functional groups attached to an aromatic ring is 2. The van der Waals surface area contributed by atoms with Gasteiger partial charge in [0, 0.05) is 34.0 Å². The molecule has 34 heavy (non-hydrogen) atoms. The molecule has 0 spiro atoms. The van der Waals surface area contributed by atoms with E-state index in [1.54, 1.807) is 25.3 Å². The number of fused-ring (bicyclic) bond motifs is 1. The van der Waals surface area contributed by atoms with Crippen molar-refractivity contribution in [3.8, 4) is 28.3 Å². The predicted molar refractivity (Wildman–Crippen MR) is 133 cm³/mol. The second kappa shape index (κ2) is 8.67. The first-order valence-corrected chi connectivity index (χ1v) is 10.5. The van der Waals surface area contributed by atoms with Crippen molar-refractivity contribution < 1.29 is 9.13 Å². The standard InChI is InChI=1S/C26H21FN6O/c1-34-19-7-3-5-16(11-19)23-13-21(28)20-12-18(8-9-22(20)31-23)30-25-14-24(32-26(29)33-25)15-4-2-6-17(27)10-15/h2-14H,1H3,(H2,28,31)(H3,29,30,32,33). The fourth-order valence-electron chi connectivity index (χ4n) is 3.73. The summed E-state index contributed by atoms with van der Waals surface area (Å²) in [7, 11) is 1.63. The Hall–Kier alpha value is -4.72. The van der Waals surface area contributed by atoms with Gasteiger partial charge in [-0.05, 0) is 48.5 Å². The van der Waals surface area contributed by atoms with Crippen molar-refractivity contribution in [1.82, 2.24) is 15.0 Å². The van der Waals surface area contributed by atoms with Gasteiger partial charge in [-0.25, -0.2) is 14.4 Å². The van der Waals surface area contributed by atoms with Crippen LogP contribution in [0.1, 0.15) is 0 Å². The molecule has 8 heteroatoms. The summed E-state index contributed by atoms with van der Waals surface area (Å²) in [5.74, 6) is 0.953. The van der Waals surface area contributed by atoms with Crippen molar-refractivity contribution >= 4 is 34.0 Å². The quantitative estimate of drug-likeness (QED) is 0.327. The van der Waals surface area contributed by atoms with Crippen LogP contribution >= 0.6 is 0 Å². The van der Waals surface area contributed by atoms with E-state index in [4.69, 9.17) is 21.2 Å². The Balaban J connectivity index is 1.48. The summed E-state index contributed by atoms with van der Waals surface area (Å²) in [6.45, 7) is 0. The van der Waals surface area contributed by atoms with E-state index in [-0.39, 0.29) is 11.8 Å². The number of nitrogens with one attached hydrogen (secondary N) is 1. The minimum atomic E-state index is -0.352. The number of halogens is 1. The number of ether oxygens (including phenoxy) is 1. The minimum absolute atomic E-state index is 0.0779. The molecule has 0 saturated carbocycles. The van der Waals surface area contributed by atoms with Gasteiger partial charge >= 0.3 is 0 Å². The van der Waals surface area contributed by atoms with Crippen molar-refractivity contribution in [3.63, 3.8) is 0 Å². The van der Waals surface area contributed by atoms with E-state index in [9.17, 15) is 4.39 Å². The zero-order chi connectivity index (χ0) is 23.7. The van der Waals surface area contributed by atoms with Crippen LogP contribution in [0, 0.1) is 5.82 Å². The number of benzene rings is 3. The van der Waals surface area contributed by atoms with Crippen molar-refractivity contribution in [2.24, 2.45) is 0 Å². The maximum Gasteiger partial charge on any atom is 0.222 e. The van der Waals surface area contributed by atoms with Crippen molar-refractivity contribution in [2.45, 2.75) is 0 Å². The van der Waals surface area contributed by atoms with E-state index in [1.165, 1.54) is 12.1 Å². The van der Waals surface area contributed by atoms with Gasteiger partial charge in [-0.3, -0.25) is 0 Å². The number of hydrogen-bond acceptors (Lipinski definition) is 7. The van der Waals surface area contributed by atoms with Crippen molar-refractivity contribution in [1.29, 1.82) is 0 Å². The van der Waals surface area contributed by atoms with Crippen molar-refractivity contribution in [3.05, 3.63) is 84.7 Å². The number of aromatic nitrogens is 3. The highest BCUT2D eigenvalue weighted by Crippen LogP contribution is 2.31. The van der Waals surface area contributed by atoms with Crippen molar-refractivity contribution in [2.75, 3.05) is 23.9 Å². The lowest BCUT2D eigenvalue weighted by atomic mass is 10.1. The van der Waals surface area contributed by atoms with Crippen LogP contribution in [-0.4, -0.2) is 22.1 Å². The SMILES string of the molecule is COc1cccc(-c2cc(N)c3cc(Nc4cc(-c5cccc(F)c5)nc(N)n4)ccc3n2)c1. The summed E-state index contributed by atoms with van der Waals surface area (Å²) in [4.78, 5) is 13.2. The molecule has 0 amide bonds. The molecule has 3 aromatic carbocycles. The van der Waals surface area contributed by atoms with Crippen LogP contribution in [0.2, 0.25) is 0 Å². The number of pyridine rings is 1. The minimum Gasteiger partial charge on any atom is -0.497 e. The molecule has 0 unspecified atom stereocenters. The van der Waals surface area contributed by atoms with E-state index >= 15 is 0 Å². The van der Waals surface area contributed by atoms with E-state index in [0.717, 1.165) is 33.6 Å². The van der Waals surface area contributed by atoms with Gasteiger partial charge in [0.25, 0.3) is 0 Å². The third-order valence-corrected chi connectivity index (χ3v) is 5.34. The molecule has 2 aromatic heterocycles. The van der Waals surface area contributed by atoms with Crippen LogP contribution in [-0.2, 0) is 0 Å². The summed E-state index contributed by atoms with van der Waals surface area (Å²) in [5.41, 5.74) is 17.2. The van der Waals surface area contributed by atoms with Gasteiger partial charge in [-0.1, -0.05) is 24.3 Å². The Morgan fingerprint density at radius 1 is 0.794 bits per heavy atom. The molecule has 0 bridgehead atoms. The predicted octanol–water partition coefficient (Wildman–Crippen LogP) is 5.41. The van der Waals surface area contributed by atoms with Crippen LogP contribution in [0.3, 0.4) is 0 Å². The van der Waals surface area contributed by atoms with Crippen LogP contribution in [0.15, 0.2) is 78.9 Å². The fourth-order valence-corrected chi connectivity index (χ4v) is 3.73. The average Bonchev–Trinajstić information content (AvgIpc) is 2.84. The third kappa shape index (κ3) is 4.29. The zero-order valence-corrected chi connectivity index (χ0v) is 18.3. The topological polar surface area (TPSA) is 112 Å². The number of nitrogens with two attached hydrogens (primary N) is 2. The Labute approximate surface area is 195 Å². The molecule has 0 atom stereocenters. The molecule has 168 valence electrons. The lowest BCUT2D eigenvalue weighted by molar-refractivity contribution is 0.415. The number of rotatable bonds is 5. The van der Waals surface area contributed by atoms with Crippen LogP contribution in [0.5, 0.6) is 5.75 Å². The summed E-state index contributed by atoms with van der Waals surface area (Å²) in [6, 6.07) is 23.0. The van der Waals surface area contributed by atoms with E-state index < -0.39 is 0 Å². The van der Waals surface area contributed by atoms with Crippen LogP contribution in [0.25, 0.3) is 33.4 Å². The average molecular weight is 452 g/mol. The molecule has 0 aliphatic heterocycles. The Bertz CT molecular complexity index is 1520. The second-order valence-electron chi connectivity index (χ2n) is 7.69. The molecule has 7 nitrogen and oxygen atoms in total. The highest BCUT2D eigenvalue weighted by Gasteiger charge is 2.10. The third-order valence-electron chi connectivity index (χ3n) is 5.34. The van der Waals surface area contributed by atoms with E-state index in [2.05, 4.69) is 15.3 Å². The first-order chi connectivity index (χ1) is 16.5. The molecule has 0 aliphatic carbocycles. The van der Waals surface area contributed by atoms with Crippen LogP contribution < -0.4 is 21.5 Å². The summed E-state index contributed by atoms with van der Waals surface area (Å²) in [6.07, 6.45) is 0. The molecule has 0 saturated heterocycles. The van der Waals surface area contributed by atoms with Gasteiger partial charge in [0.15, 0.2) is 0 Å². The second-order valence-corrected chi connectivity index (χ2v) is 7.69. The molecule has 5 N–H and O–H groups in total. The van der Waals surface area contributed by atoms with Gasteiger partial charge in [0.2, 0.25) is 5.95 Å². The normalized spacial score (nSPS) is 10.9. The molecule has 0 aliphatic rings. The molecular formula is C26H21FN6O. The number of hydrogen-bond donors (Lipinski definition) is 3. The summed E-state index contributed by atoms with van der Waals surface area (Å²) < 4.78 is 19.0. The molecule has 0 radical (unpaired) electrons. The Morgan fingerprint density at radius 2 is 1.56 bits per heavy atom. The molecule has 5 rings (SSSR count). The Kier molecular flexibility index (Phi) is 5.39. The smallest absolute Gasteiger partial charge is 0.222 e. The highest BCUT2D eigenvalue weighted by atomic mass is 19.1. The summed E-state index contributed by atoms with van der Waals surface area (Å²) >= 11 is 0. The highest BCUT2D eigenvalue weighted by molar-refractivity contribution is 5.95. The zero-order valence-electron chi connectivity index (χ0n) is 18.3. The Morgan fingerprint density at radius 3 is 2.35 bits per heavy atom. The van der Waals surface area contributed by atoms with Gasteiger partial charge < -0.3 is 21.5 Å². The molecular weight excluding hydrogens is 431 g/mol. The molecule has 0 fully saturated rings. The molecule has 5 aromatic rings. The van der Waals surface area contributed by atoms with Gasteiger partial charge in [0.1, 0.15) is 17.4 Å². The first-order valence-electron chi connectivity index (χ1n) is 10.5. The maximum absolute atomic E-state index is 13.6. The fraction of sp³-hybridized carbons (Fsp3) is 0.0385. The first kappa shape index (κ1) is 21.1. The van der Waals surface area contributed by atoms with Crippen LogP contribution in [0.4, 0.5) is 27.5 Å². The lowest BCUT2D eigenvalue weighted by Crippen LogP contribution is -2.02. The number of anilines is 4.